The van der Waals surface area contributed by atoms with Gasteiger partial charge in [0.05, 0.1) is 6.61 Å². The summed E-state index contributed by atoms with van der Waals surface area (Å²) in [5.41, 5.74) is 0. The second kappa shape index (κ2) is 15.8. The molecule has 1 aromatic carbocycles. The summed E-state index contributed by atoms with van der Waals surface area (Å²) in [5, 5.41) is 0. The van der Waals surface area contributed by atoms with Gasteiger partial charge in [0.2, 0.25) is 0 Å². The van der Waals surface area contributed by atoms with Crippen LogP contribution in [0.1, 0.15) is 70.6 Å². The van der Waals surface area contributed by atoms with Crippen molar-refractivity contribution in [2.45, 2.75) is 70.6 Å². The van der Waals surface area contributed by atoms with Gasteiger partial charge in [-0.1, -0.05) is 6.58 Å². The molecule has 0 aliphatic heterocycles. The van der Waals surface area contributed by atoms with E-state index in [1.807, 2.05) is 30.3 Å². The van der Waals surface area contributed by atoms with Crippen LogP contribution in [0.15, 0.2) is 43.0 Å². The van der Waals surface area contributed by atoms with Gasteiger partial charge in [-0.05, 0) is 0 Å². The van der Waals surface area contributed by atoms with Crippen LogP contribution in [0.25, 0.3) is 0 Å². The van der Waals surface area contributed by atoms with E-state index in [9.17, 15) is 9.59 Å². The van der Waals surface area contributed by atoms with Crippen LogP contribution >= 0.6 is 0 Å². The summed E-state index contributed by atoms with van der Waals surface area (Å²) in [7, 11) is 0. The van der Waals surface area contributed by atoms with Crippen molar-refractivity contribution < 1.29 is 14.3 Å². The molecular formula is C22H32O3Se. The third-order valence-corrected chi connectivity index (χ3v) is 6.13. The molecule has 0 unspecified atom stereocenters. The fraction of sp³-hybridized carbons (Fsp3) is 0.545. The minimum atomic E-state index is -0.326. The van der Waals surface area contributed by atoms with Crippen molar-refractivity contribution in [1.29, 1.82) is 0 Å². The summed E-state index contributed by atoms with van der Waals surface area (Å²) in [5.74, 6) is -0.326. The Morgan fingerprint density at radius 1 is 0.846 bits per heavy atom. The number of carbonyl (C=O) groups excluding carboxylic acids is 2. The van der Waals surface area contributed by atoms with Crippen molar-refractivity contribution in [2.24, 2.45) is 0 Å². The van der Waals surface area contributed by atoms with Crippen molar-refractivity contribution >= 4 is 30.1 Å². The van der Waals surface area contributed by atoms with Gasteiger partial charge < -0.3 is 4.74 Å². The van der Waals surface area contributed by atoms with E-state index in [4.69, 9.17) is 4.74 Å². The van der Waals surface area contributed by atoms with Crippen molar-refractivity contribution in [2.75, 3.05) is 6.61 Å². The second-order valence-electron chi connectivity index (χ2n) is 6.44. The molecule has 144 valence electrons. The molecule has 0 aliphatic carbocycles. The van der Waals surface area contributed by atoms with Gasteiger partial charge in [0.15, 0.2) is 0 Å². The predicted molar refractivity (Wildman–Crippen MR) is 109 cm³/mol. The number of hydrogen-bond donors (Lipinski definition) is 0. The van der Waals surface area contributed by atoms with Crippen LogP contribution < -0.4 is 4.46 Å². The van der Waals surface area contributed by atoms with E-state index in [0.717, 1.165) is 25.7 Å². The van der Waals surface area contributed by atoms with Crippen LogP contribution in [0.3, 0.4) is 0 Å². The maximum atomic E-state index is 11.9. The van der Waals surface area contributed by atoms with Gasteiger partial charge in [0.25, 0.3) is 0 Å². The van der Waals surface area contributed by atoms with E-state index in [1.54, 1.807) is 0 Å². The molecule has 0 saturated carbocycles. The van der Waals surface area contributed by atoms with Crippen LogP contribution in [0.5, 0.6) is 0 Å². The average Bonchev–Trinajstić information content (AvgIpc) is 2.66. The Bertz CT molecular complexity index is 513. The molecular weight excluding hydrogens is 391 g/mol. The average molecular weight is 423 g/mol. The summed E-state index contributed by atoms with van der Waals surface area (Å²) >= 11 is -0.00866. The van der Waals surface area contributed by atoms with E-state index < -0.39 is 0 Å². The van der Waals surface area contributed by atoms with Gasteiger partial charge in [0, 0.05) is 6.08 Å². The number of benzene rings is 1. The van der Waals surface area contributed by atoms with Gasteiger partial charge in [-0.2, -0.15) is 0 Å². The maximum absolute atomic E-state index is 11.9. The Morgan fingerprint density at radius 3 is 1.96 bits per heavy atom. The second-order valence-corrected chi connectivity index (χ2v) is 8.82. The molecule has 0 heterocycles. The normalized spacial score (nSPS) is 10.5. The minimum absolute atomic E-state index is 0.00866. The van der Waals surface area contributed by atoms with Crippen LogP contribution in [-0.2, 0) is 14.3 Å². The van der Waals surface area contributed by atoms with Gasteiger partial charge in [-0.25, -0.2) is 4.79 Å². The van der Waals surface area contributed by atoms with Crippen molar-refractivity contribution in [1.82, 2.24) is 0 Å². The van der Waals surface area contributed by atoms with E-state index >= 15 is 0 Å². The molecule has 4 heteroatoms. The van der Waals surface area contributed by atoms with Gasteiger partial charge in [-0.15, -0.1) is 0 Å². The molecule has 0 amide bonds. The fourth-order valence-electron chi connectivity index (χ4n) is 2.69. The Labute approximate surface area is 164 Å². The molecule has 0 aliphatic rings. The number of ether oxygens (including phenoxy) is 1. The van der Waals surface area contributed by atoms with Gasteiger partial charge in [-0.3, -0.25) is 0 Å². The fourth-order valence-corrected chi connectivity index (χ4v) is 4.37. The van der Waals surface area contributed by atoms with Gasteiger partial charge >= 0.3 is 136 Å². The molecule has 0 bridgehead atoms. The summed E-state index contributed by atoms with van der Waals surface area (Å²) in [4.78, 5) is 22.8. The quantitative estimate of drug-likeness (QED) is 0.169. The third kappa shape index (κ3) is 12.9. The topological polar surface area (TPSA) is 43.4 Å². The first-order valence-electron chi connectivity index (χ1n) is 9.77. The Hall–Kier alpha value is -1.38. The van der Waals surface area contributed by atoms with E-state index in [-0.39, 0.29) is 20.9 Å². The van der Waals surface area contributed by atoms with Crippen LogP contribution in [0.4, 0.5) is 0 Å². The summed E-state index contributed by atoms with van der Waals surface area (Å²) in [6.45, 7) is 3.88. The molecule has 26 heavy (non-hydrogen) atoms. The predicted octanol–water partition coefficient (Wildman–Crippen LogP) is 4.56. The van der Waals surface area contributed by atoms with E-state index in [2.05, 4.69) is 6.58 Å². The number of esters is 1. The number of carbonyl (C=O) groups is 2. The SMILES string of the molecule is C=CC(=O)OCCCCCCCCCCCCC(=O)[Se]c1ccccc1. The van der Waals surface area contributed by atoms with Crippen molar-refractivity contribution in [3.8, 4) is 0 Å². The molecule has 0 aromatic heterocycles. The van der Waals surface area contributed by atoms with E-state index in [1.165, 1.54) is 55.5 Å². The van der Waals surface area contributed by atoms with E-state index in [0.29, 0.717) is 11.3 Å². The Morgan fingerprint density at radius 2 is 1.38 bits per heavy atom. The first-order valence-corrected chi connectivity index (χ1v) is 11.5. The van der Waals surface area contributed by atoms with Gasteiger partial charge in [0.1, 0.15) is 0 Å². The number of hydrogen-bond acceptors (Lipinski definition) is 3. The van der Waals surface area contributed by atoms with Crippen LogP contribution in [-0.4, -0.2) is 32.2 Å². The molecule has 1 aromatic rings. The monoisotopic (exact) mass is 424 g/mol. The molecule has 1 rings (SSSR count). The Balaban J connectivity index is 1.81. The zero-order valence-corrected chi connectivity index (χ0v) is 17.5. The molecule has 3 nitrogen and oxygen atoms in total. The van der Waals surface area contributed by atoms with Crippen molar-refractivity contribution in [3.05, 3.63) is 43.0 Å². The molecule has 0 saturated heterocycles. The molecule has 0 radical (unpaired) electrons. The Kier molecular flexibility index (Phi) is 13.8. The van der Waals surface area contributed by atoms with Crippen LogP contribution in [0, 0.1) is 0 Å². The first-order chi connectivity index (χ1) is 12.7. The summed E-state index contributed by atoms with van der Waals surface area (Å²) < 4.78 is 6.55. The summed E-state index contributed by atoms with van der Waals surface area (Å²) in [6.07, 6.45) is 13.8. The van der Waals surface area contributed by atoms with Crippen LogP contribution in [0.2, 0.25) is 0 Å². The summed E-state index contributed by atoms with van der Waals surface area (Å²) in [6, 6.07) is 10.1. The number of rotatable bonds is 16. The molecule has 0 N–H and O–H groups in total. The first kappa shape index (κ1) is 22.7. The zero-order chi connectivity index (χ0) is 18.9. The third-order valence-electron chi connectivity index (χ3n) is 4.16. The molecule has 0 atom stereocenters. The molecule has 0 fully saturated rings. The number of unbranched alkanes of at least 4 members (excludes halogenated alkanes) is 9. The van der Waals surface area contributed by atoms with Crippen molar-refractivity contribution in [3.63, 3.8) is 0 Å². The molecule has 0 spiro atoms. The standard InChI is InChI=1S/C22H32O3Se/c1-2-21(23)25-19-15-10-8-6-4-3-5-7-9-14-18-22(24)26-20-16-12-11-13-17-20/h2,11-13,16-17H,1,3-10,14-15,18-19H2. The zero-order valence-electron chi connectivity index (χ0n) is 15.8.